The van der Waals surface area contributed by atoms with Crippen LogP contribution in [0.15, 0.2) is 52.0 Å². The van der Waals surface area contributed by atoms with Crippen molar-refractivity contribution >= 4 is 33.7 Å². The number of nitrogen functional groups attached to an aromatic ring is 1. The number of nitrogens with two attached hydrogens (primary N) is 1. The fourth-order valence-corrected chi connectivity index (χ4v) is 2.20. The Morgan fingerprint density at radius 1 is 1.30 bits per heavy atom. The molecule has 2 aromatic rings. The van der Waals surface area contributed by atoms with E-state index >= 15 is 0 Å². The van der Waals surface area contributed by atoms with E-state index in [1.165, 1.54) is 0 Å². The van der Waals surface area contributed by atoms with Crippen LogP contribution >= 0.6 is 15.9 Å². The molecule has 0 radical (unpaired) electrons. The van der Waals surface area contributed by atoms with E-state index in [1.807, 2.05) is 25.1 Å². The van der Waals surface area contributed by atoms with Crippen molar-refractivity contribution in [1.82, 2.24) is 5.43 Å². The molecule has 0 aliphatic carbocycles. The van der Waals surface area contributed by atoms with Crippen molar-refractivity contribution in [2.24, 2.45) is 5.10 Å². The first kappa shape index (κ1) is 17.0. The smallest absolute Gasteiger partial charge is 0.271 e. The Labute approximate surface area is 143 Å². The average Bonchev–Trinajstić information content (AvgIpc) is 2.54. The summed E-state index contributed by atoms with van der Waals surface area (Å²) < 4.78 is 6.57. The van der Waals surface area contributed by atoms with Gasteiger partial charge in [-0.05, 0) is 48.9 Å². The molecular formula is C17H18BrN3O2. The molecule has 0 saturated carbocycles. The minimum atomic E-state index is -0.299. The van der Waals surface area contributed by atoms with Crippen molar-refractivity contribution < 1.29 is 9.53 Å². The Kier molecular flexibility index (Phi) is 6.17. The Morgan fingerprint density at radius 2 is 2.04 bits per heavy atom. The summed E-state index contributed by atoms with van der Waals surface area (Å²) >= 11 is 3.41. The molecule has 0 saturated heterocycles. The van der Waals surface area contributed by atoms with Gasteiger partial charge in [0.15, 0.2) is 0 Å². The number of rotatable bonds is 6. The number of carbonyl (C=O) groups excluding carboxylic acids is 1. The number of carbonyl (C=O) groups is 1. The van der Waals surface area contributed by atoms with Crippen LogP contribution in [0.1, 0.15) is 29.3 Å². The summed E-state index contributed by atoms with van der Waals surface area (Å²) in [7, 11) is 0. The largest absolute Gasteiger partial charge is 0.493 e. The van der Waals surface area contributed by atoms with E-state index in [4.69, 9.17) is 10.5 Å². The van der Waals surface area contributed by atoms with Gasteiger partial charge in [0.25, 0.3) is 5.91 Å². The van der Waals surface area contributed by atoms with E-state index in [-0.39, 0.29) is 5.91 Å². The monoisotopic (exact) mass is 375 g/mol. The number of halogens is 1. The summed E-state index contributed by atoms with van der Waals surface area (Å²) in [5.74, 6) is 0.424. The van der Waals surface area contributed by atoms with Crippen molar-refractivity contribution in [3.8, 4) is 5.75 Å². The number of hydrogen-bond acceptors (Lipinski definition) is 4. The van der Waals surface area contributed by atoms with Crippen LogP contribution in [0, 0.1) is 0 Å². The Morgan fingerprint density at radius 3 is 2.74 bits per heavy atom. The van der Waals surface area contributed by atoms with Crippen LogP contribution in [-0.2, 0) is 0 Å². The second kappa shape index (κ2) is 8.33. The molecule has 120 valence electrons. The number of benzene rings is 2. The third kappa shape index (κ3) is 5.10. The third-order valence-electron chi connectivity index (χ3n) is 2.98. The standard InChI is InChI=1S/C17H18BrN3O2/c1-2-9-23-16-8-5-14(18)10-13(16)11-20-21-17(22)12-3-6-15(19)7-4-12/h3-8,10-11H,2,9,19H2,1H3,(H,21,22)/b20-11-. The van der Waals surface area contributed by atoms with Gasteiger partial charge in [-0.25, -0.2) is 5.43 Å². The van der Waals surface area contributed by atoms with E-state index in [9.17, 15) is 4.79 Å². The first-order valence-electron chi connectivity index (χ1n) is 7.21. The minimum absolute atomic E-state index is 0.299. The maximum Gasteiger partial charge on any atom is 0.271 e. The molecule has 5 nitrogen and oxygen atoms in total. The van der Waals surface area contributed by atoms with E-state index in [0.717, 1.165) is 22.2 Å². The number of amides is 1. The minimum Gasteiger partial charge on any atom is -0.493 e. The van der Waals surface area contributed by atoms with E-state index in [1.54, 1.807) is 30.5 Å². The van der Waals surface area contributed by atoms with Gasteiger partial charge in [0, 0.05) is 21.3 Å². The topological polar surface area (TPSA) is 76.7 Å². The molecule has 3 N–H and O–H groups in total. The summed E-state index contributed by atoms with van der Waals surface area (Å²) in [6, 6.07) is 12.3. The summed E-state index contributed by atoms with van der Waals surface area (Å²) in [6.45, 7) is 2.67. The quantitative estimate of drug-likeness (QED) is 0.460. The number of hydrogen-bond donors (Lipinski definition) is 2. The normalized spacial score (nSPS) is 10.7. The van der Waals surface area contributed by atoms with Crippen molar-refractivity contribution in [3.63, 3.8) is 0 Å². The predicted octanol–water partition coefficient (Wildman–Crippen LogP) is 3.58. The molecule has 0 spiro atoms. The van der Waals surface area contributed by atoms with Crippen LogP contribution in [0.3, 0.4) is 0 Å². The van der Waals surface area contributed by atoms with Gasteiger partial charge in [-0.1, -0.05) is 22.9 Å². The molecule has 0 atom stereocenters. The van der Waals surface area contributed by atoms with Crippen LogP contribution < -0.4 is 15.9 Å². The van der Waals surface area contributed by atoms with Gasteiger partial charge >= 0.3 is 0 Å². The van der Waals surface area contributed by atoms with Crippen LogP contribution in [0.25, 0.3) is 0 Å². The molecule has 23 heavy (non-hydrogen) atoms. The average molecular weight is 376 g/mol. The highest BCUT2D eigenvalue weighted by molar-refractivity contribution is 9.10. The summed E-state index contributed by atoms with van der Waals surface area (Å²) in [6.07, 6.45) is 2.48. The molecule has 0 aromatic heterocycles. The van der Waals surface area contributed by atoms with Crippen LogP contribution in [-0.4, -0.2) is 18.7 Å². The van der Waals surface area contributed by atoms with E-state index < -0.39 is 0 Å². The fourth-order valence-electron chi connectivity index (χ4n) is 1.82. The highest BCUT2D eigenvalue weighted by atomic mass is 79.9. The van der Waals surface area contributed by atoms with Gasteiger partial charge in [-0.2, -0.15) is 5.10 Å². The van der Waals surface area contributed by atoms with Crippen molar-refractivity contribution in [1.29, 1.82) is 0 Å². The zero-order valence-electron chi connectivity index (χ0n) is 12.8. The van der Waals surface area contributed by atoms with Crippen molar-refractivity contribution in [2.75, 3.05) is 12.3 Å². The third-order valence-corrected chi connectivity index (χ3v) is 3.47. The first-order valence-corrected chi connectivity index (χ1v) is 8.00. The number of hydrazone groups is 1. The van der Waals surface area contributed by atoms with Gasteiger partial charge in [-0.15, -0.1) is 0 Å². The molecule has 0 fully saturated rings. The van der Waals surface area contributed by atoms with Gasteiger partial charge < -0.3 is 10.5 Å². The highest BCUT2D eigenvalue weighted by Crippen LogP contribution is 2.22. The van der Waals surface area contributed by atoms with Gasteiger partial charge in [-0.3, -0.25) is 4.79 Å². The van der Waals surface area contributed by atoms with Gasteiger partial charge in [0.2, 0.25) is 0 Å². The molecule has 0 bridgehead atoms. The lowest BCUT2D eigenvalue weighted by Crippen LogP contribution is -2.17. The molecule has 0 unspecified atom stereocenters. The molecule has 2 rings (SSSR count). The van der Waals surface area contributed by atoms with Gasteiger partial charge in [0.1, 0.15) is 5.75 Å². The summed E-state index contributed by atoms with van der Waals surface area (Å²) in [5, 5.41) is 3.99. The second-order valence-electron chi connectivity index (χ2n) is 4.85. The number of nitrogens with zero attached hydrogens (tertiary/aromatic N) is 1. The maximum atomic E-state index is 12.0. The molecule has 2 aromatic carbocycles. The van der Waals surface area contributed by atoms with Crippen molar-refractivity contribution in [3.05, 3.63) is 58.1 Å². The molecule has 1 amide bonds. The van der Waals surface area contributed by atoms with Crippen LogP contribution in [0.5, 0.6) is 5.75 Å². The molecular weight excluding hydrogens is 358 g/mol. The van der Waals surface area contributed by atoms with Crippen LogP contribution in [0.4, 0.5) is 5.69 Å². The highest BCUT2D eigenvalue weighted by Gasteiger charge is 2.05. The number of anilines is 1. The van der Waals surface area contributed by atoms with E-state index in [2.05, 4.69) is 26.5 Å². The number of nitrogens with one attached hydrogen (secondary N) is 1. The molecule has 6 heteroatoms. The van der Waals surface area contributed by atoms with E-state index in [0.29, 0.717) is 17.9 Å². The lowest BCUT2D eigenvalue weighted by atomic mass is 10.2. The summed E-state index contributed by atoms with van der Waals surface area (Å²) in [4.78, 5) is 12.0. The predicted molar refractivity (Wildman–Crippen MR) is 95.8 cm³/mol. The Hall–Kier alpha value is -2.34. The van der Waals surface area contributed by atoms with Gasteiger partial charge in [0.05, 0.1) is 12.8 Å². The zero-order chi connectivity index (χ0) is 16.7. The lowest BCUT2D eigenvalue weighted by Gasteiger charge is -2.08. The fraction of sp³-hybridized carbons (Fsp3) is 0.176. The SMILES string of the molecule is CCCOc1ccc(Br)cc1/C=N\NC(=O)c1ccc(N)cc1. The molecule has 0 aliphatic rings. The zero-order valence-corrected chi connectivity index (χ0v) is 14.3. The molecule has 0 aliphatic heterocycles. The first-order chi connectivity index (χ1) is 11.1. The Balaban J connectivity index is 2.06. The Bertz CT molecular complexity index is 699. The van der Waals surface area contributed by atoms with Crippen molar-refractivity contribution in [2.45, 2.75) is 13.3 Å². The lowest BCUT2D eigenvalue weighted by molar-refractivity contribution is 0.0955. The van der Waals surface area contributed by atoms with Crippen LogP contribution in [0.2, 0.25) is 0 Å². The second-order valence-corrected chi connectivity index (χ2v) is 5.77. The molecule has 0 heterocycles. The summed E-state index contributed by atoms with van der Waals surface area (Å²) in [5.41, 5.74) is 9.97. The number of ether oxygens (including phenoxy) is 1. The maximum absolute atomic E-state index is 12.0.